The summed E-state index contributed by atoms with van der Waals surface area (Å²) in [6, 6.07) is 3.60. The summed E-state index contributed by atoms with van der Waals surface area (Å²) >= 11 is 5.67. The number of nitrogens with one attached hydrogen (secondary N) is 1. The smallest absolute Gasteiger partial charge is 0.211 e. The minimum atomic E-state index is 0.0394. The first-order valence-electron chi connectivity index (χ1n) is 5.05. The largest absolute Gasteiger partial charge is 0.448 e. The highest BCUT2D eigenvalue weighted by atomic mass is 35.5. The molecular formula is C11H13ClN2O2. The van der Waals surface area contributed by atoms with Crippen molar-refractivity contribution < 1.29 is 8.83 Å². The van der Waals surface area contributed by atoms with Crippen LogP contribution in [0, 0.1) is 6.92 Å². The van der Waals surface area contributed by atoms with Crippen molar-refractivity contribution >= 4 is 11.6 Å². The van der Waals surface area contributed by atoms with E-state index in [-0.39, 0.29) is 6.04 Å². The molecule has 2 heterocycles. The molecule has 86 valence electrons. The molecule has 0 spiro atoms. The van der Waals surface area contributed by atoms with Crippen molar-refractivity contribution in [3.8, 4) is 0 Å². The number of furan rings is 1. The number of hydrogen-bond donors (Lipinski definition) is 1. The third-order valence-corrected chi connectivity index (χ3v) is 2.42. The van der Waals surface area contributed by atoms with Crippen molar-refractivity contribution in [1.29, 1.82) is 0 Å². The Balaban J connectivity index is 1.91. The summed E-state index contributed by atoms with van der Waals surface area (Å²) in [6.07, 6.45) is 1.71. The van der Waals surface area contributed by atoms with Crippen LogP contribution in [0.15, 0.2) is 27.2 Å². The molecule has 1 atom stereocenters. The second-order valence-electron chi connectivity index (χ2n) is 3.62. The Bertz CT molecular complexity index is 464. The molecular weight excluding hydrogens is 228 g/mol. The molecule has 0 aromatic carbocycles. The molecule has 0 saturated heterocycles. The van der Waals surface area contributed by atoms with Gasteiger partial charge in [0.25, 0.3) is 0 Å². The standard InChI is InChI=1S/C11H13ClN2O2/c1-7-5-14-11(15-7)8(2)13-6-9-3-4-10(12)16-9/h3-5,8,13H,6H2,1-2H3. The topological polar surface area (TPSA) is 51.2 Å². The molecule has 0 saturated carbocycles. The highest BCUT2D eigenvalue weighted by Gasteiger charge is 2.11. The summed E-state index contributed by atoms with van der Waals surface area (Å²) in [4.78, 5) is 4.15. The summed E-state index contributed by atoms with van der Waals surface area (Å²) in [7, 11) is 0. The van der Waals surface area contributed by atoms with Gasteiger partial charge < -0.3 is 8.83 Å². The number of aromatic nitrogens is 1. The van der Waals surface area contributed by atoms with Crippen LogP contribution in [-0.4, -0.2) is 4.98 Å². The molecule has 16 heavy (non-hydrogen) atoms. The molecule has 4 nitrogen and oxygen atoms in total. The zero-order valence-electron chi connectivity index (χ0n) is 9.16. The van der Waals surface area contributed by atoms with Gasteiger partial charge in [-0.1, -0.05) is 0 Å². The Kier molecular flexibility index (Phi) is 3.31. The van der Waals surface area contributed by atoms with Crippen molar-refractivity contribution in [3.05, 3.63) is 41.0 Å². The first kappa shape index (κ1) is 11.2. The Morgan fingerprint density at radius 3 is 2.81 bits per heavy atom. The van der Waals surface area contributed by atoms with Gasteiger partial charge in [0.15, 0.2) is 5.22 Å². The lowest BCUT2D eigenvalue weighted by atomic mass is 10.3. The normalized spacial score (nSPS) is 12.9. The lowest BCUT2D eigenvalue weighted by Gasteiger charge is -2.08. The number of nitrogens with zero attached hydrogens (tertiary/aromatic N) is 1. The van der Waals surface area contributed by atoms with Gasteiger partial charge >= 0.3 is 0 Å². The van der Waals surface area contributed by atoms with Gasteiger partial charge in [-0.15, -0.1) is 0 Å². The summed E-state index contributed by atoms with van der Waals surface area (Å²) in [5.41, 5.74) is 0. The number of oxazole rings is 1. The predicted molar refractivity (Wildman–Crippen MR) is 60.2 cm³/mol. The van der Waals surface area contributed by atoms with Crippen LogP contribution in [-0.2, 0) is 6.54 Å². The van der Waals surface area contributed by atoms with Crippen molar-refractivity contribution in [1.82, 2.24) is 10.3 Å². The highest BCUT2D eigenvalue weighted by molar-refractivity contribution is 6.28. The maximum Gasteiger partial charge on any atom is 0.211 e. The molecule has 2 aromatic rings. The van der Waals surface area contributed by atoms with Crippen LogP contribution in [0.1, 0.15) is 30.4 Å². The van der Waals surface area contributed by atoms with E-state index in [4.69, 9.17) is 20.4 Å². The highest BCUT2D eigenvalue weighted by Crippen LogP contribution is 2.15. The fraction of sp³-hybridized carbons (Fsp3) is 0.364. The predicted octanol–water partition coefficient (Wildman–Crippen LogP) is 3.08. The van der Waals surface area contributed by atoms with Crippen LogP contribution in [0.3, 0.4) is 0 Å². The third kappa shape index (κ3) is 2.65. The number of aryl methyl sites for hydroxylation is 1. The lowest BCUT2D eigenvalue weighted by Crippen LogP contribution is -2.17. The molecule has 0 fully saturated rings. The van der Waals surface area contributed by atoms with Gasteiger partial charge in [0.05, 0.1) is 18.8 Å². The van der Waals surface area contributed by atoms with Crippen LogP contribution in [0.25, 0.3) is 0 Å². The molecule has 2 aromatic heterocycles. The molecule has 2 rings (SSSR count). The van der Waals surface area contributed by atoms with Crippen molar-refractivity contribution in [3.63, 3.8) is 0 Å². The number of halogens is 1. The average molecular weight is 241 g/mol. The van der Waals surface area contributed by atoms with E-state index < -0.39 is 0 Å². The van der Waals surface area contributed by atoms with Crippen molar-refractivity contribution in [2.24, 2.45) is 0 Å². The minimum absolute atomic E-state index is 0.0394. The summed E-state index contributed by atoms with van der Waals surface area (Å²) in [5.74, 6) is 2.28. The number of hydrogen-bond acceptors (Lipinski definition) is 4. The van der Waals surface area contributed by atoms with Gasteiger partial charge in [0, 0.05) is 0 Å². The average Bonchev–Trinajstić information content (AvgIpc) is 2.84. The molecule has 0 aliphatic carbocycles. The van der Waals surface area contributed by atoms with E-state index in [1.807, 2.05) is 19.9 Å². The van der Waals surface area contributed by atoms with Gasteiger partial charge in [-0.25, -0.2) is 4.98 Å². The first-order valence-corrected chi connectivity index (χ1v) is 5.43. The SMILES string of the molecule is Cc1cnc(C(C)NCc2ccc(Cl)o2)o1. The molecule has 0 aliphatic heterocycles. The first-order chi connectivity index (χ1) is 7.65. The van der Waals surface area contributed by atoms with Crippen LogP contribution in [0.2, 0.25) is 5.22 Å². The van der Waals surface area contributed by atoms with E-state index in [1.54, 1.807) is 12.3 Å². The molecule has 0 bridgehead atoms. The Labute approximate surface area is 98.6 Å². The molecule has 0 amide bonds. The second-order valence-corrected chi connectivity index (χ2v) is 3.99. The Morgan fingerprint density at radius 1 is 1.44 bits per heavy atom. The van der Waals surface area contributed by atoms with Crippen molar-refractivity contribution in [2.45, 2.75) is 26.4 Å². The fourth-order valence-electron chi connectivity index (χ4n) is 1.36. The zero-order chi connectivity index (χ0) is 11.5. The summed E-state index contributed by atoms with van der Waals surface area (Å²) < 4.78 is 10.6. The molecule has 0 aliphatic rings. The lowest BCUT2D eigenvalue weighted by molar-refractivity contribution is 0.387. The monoisotopic (exact) mass is 240 g/mol. The summed E-state index contributed by atoms with van der Waals surface area (Å²) in [6.45, 7) is 4.45. The second kappa shape index (κ2) is 4.72. The Morgan fingerprint density at radius 2 is 2.25 bits per heavy atom. The van der Waals surface area contributed by atoms with Gasteiger partial charge in [0.2, 0.25) is 5.89 Å². The number of rotatable bonds is 4. The van der Waals surface area contributed by atoms with E-state index in [2.05, 4.69) is 10.3 Å². The molecule has 0 radical (unpaired) electrons. The third-order valence-electron chi connectivity index (χ3n) is 2.22. The van der Waals surface area contributed by atoms with E-state index >= 15 is 0 Å². The maximum absolute atomic E-state index is 5.67. The van der Waals surface area contributed by atoms with Crippen LogP contribution in [0.5, 0.6) is 0 Å². The maximum atomic E-state index is 5.67. The fourth-order valence-corrected chi connectivity index (χ4v) is 1.52. The molecule has 5 heteroatoms. The van der Waals surface area contributed by atoms with Crippen LogP contribution < -0.4 is 5.32 Å². The zero-order valence-corrected chi connectivity index (χ0v) is 9.91. The van der Waals surface area contributed by atoms with E-state index in [0.29, 0.717) is 17.7 Å². The van der Waals surface area contributed by atoms with E-state index in [1.165, 1.54) is 0 Å². The Hall–Kier alpha value is -1.26. The van der Waals surface area contributed by atoms with Gasteiger partial charge in [-0.3, -0.25) is 5.32 Å². The van der Waals surface area contributed by atoms with Gasteiger partial charge in [-0.2, -0.15) is 0 Å². The van der Waals surface area contributed by atoms with Crippen molar-refractivity contribution in [2.75, 3.05) is 0 Å². The van der Waals surface area contributed by atoms with Gasteiger partial charge in [-0.05, 0) is 37.6 Å². The summed E-state index contributed by atoms with van der Waals surface area (Å²) in [5, 5.41) is 3.63. The van der Waals surface area contributed by atoms with E-state index in [0.717, 1.165) is 11.5 Å². The molecule has 1 unspecified atom stereocenters. The quantitative estimate of drug-likeness (QED) is 0.892. The molecule has 1 N–H and O–H groups in total. The van der Waals surface area contributed by atoms with Crippen LogP contribution >= 0.6 is 11.6 Å². The minimum Gasteiger partial charge on any atom is -0.448 e. The van der Waals surface area contributed by atoms with Gasteiger partial charge in [0.1, 0.15) is 11.5 Å². The van der Waals surface area contributed by atoms with E-state index in [9.17, 15) is 0 Å². The van der Waals surface area contributed by atoms with Crippen LogP contribution in [0.4, 0.5) is 0 Å².